The van der Waals surface area contributed by atoms with E-state index in [0.29, 0.717) is 0 Å². The Bertz CT molecular complexity index is 730. The molecule has 0 radical (unpaired) electrons. The SMILES string of the molecule is COCOc1ccc(OCOC)c(N2CC=C(c3ccccc3)CC2)c1. The molecule has 0 unspecified atom stereocenters. The van der Waals surface area contributed by atoms with Crippen LogP contribution in [0.3, 0.4) is 0 Å². The molecule has 26 heavy (non-hydrogen) atoms. The molecular weight excluding hydrogens is 330 g/mol. The summed E-state index contributed by atoms with van der Waals surface area (Å²) in [4.78, 5) is 2.29. The van der Waals surface area contributed by atoms with Crippen LogP contribution < -0.4 is 14.4 Å². The first-order valence-electron chi connectivity index (χ1n) is 8.68. The van der Waals surface area contributed by atoms with Crippen molar-refractivity contribution >= 4 is 11.3 Å². The fraction of sp³-hybridized carbons (Fsp3) is 0.333. The lowest BCUT2D eigenvalue weighted by atomic mass is 9.99. The quantitative estimate of drug-likeness (QED) is 0.671. The minimum absolute atomic E-state index is 0.213. The minimum Gasteiger partial charge on any atom is -0.467 e. The molecule has 0 amide bonds. The molecule has 2 aromatic carbocycles. The fourth-order valence-corrected chi connectivity index (χ4v) is 3.01. The molecule has 0 bridgehead atoms. The molecule has 3 rings (SSSR count). The van der Waals surface area contributed by atoms with Crippen LogP contribution in [-0.2, 0) is 9.47 Å². The van der Waals surface area contributed by atoms with Crippen LogP contribution in [0.2, 0.25) is 0 Å². The van der Waals surface area contributed by atoms with Crippen LogP contribution in [-0.4, -0.2) is 40.9 Å². The highest BCUT2D eigenvalue weighted by Crippen LogP contribution is 2.35. The molecule has 0 saturated carbocycles. The lowest BCUT2D eigenvalue weighted by Crippen LogP contribution is -2.28. The molecule has 0 atom stereocenters. The van der Waals surface area contributed by atoms with Crippen molar-refractivity contribution in [3.8, 4) is 11.5 Å². The van der Waals surface area contributed by atoms with Crippen LogP contribution in [0, 0.1) is 0 Å². The first-order valence-corrected chi connectivity index (χ1v) is 8.68. The van der Waals surface area contributed by atoms with Crippen molar-refractivity contribution in [2.24, 2.45) is 0 Å². The van der Waals surface area contributed by atoms with Gasteiger partial charge in [0, 0.05) is 33.4 Å². The van der Waals surface area contributed by atoms with Gasteiger partial charge in [0.25, 0.3) is 0 Å². The van der Waals surface area contributed by atoms with Gasteiger partial charge >= 0.3 is 0 Å². The molecule has 2 aromatic rings. The van der Waals surface area contributed by atoms with Crippen molar-refractivity contribution in [1.29, 1.82) is 0 Å². The highest BCUT2D eigenvalue weighted by atomic mass is 16.7. The topological polar surface area (TPSA) is 40.2 Å². The molecule has 5 heteroatoms. The lowest BCUT2D eigenvalue weighted by molar-refractivity contribution is 0.0486. The van der Waals surface area contributed by atoms with Gasteiger partial charge in [-0.2, -0.15) is 0 Å². The van der Waals surface area contributed by atoms with Gasteiger partial charge in [0.2, 0.25) is 0 Å². The highest BCUT2D eigenvalue weighted by Gasteiger charge is 2.18. The molecule has 0 saturated heterocycles. The Hall–Kier alpha value is -2.50. The van der Waals surface area contributed by atoms with Gasteiger partial charge in [0.15, 0.2) is 13.6 Å². The van der Waals surface area contributed by atoms with E-state index in [-0.39, 0.29) is 13.6 Å². The normalized spacial score (nSPS) is 14.1. The zero-order valence-corrected chi connectivity index (χ0v) is 15.3. The van der Waals surface area contributed by atoms with Gasteiger partial charge in [0.1, 0.15) is 11.5 Å². The van der Waals surface area contributed by atoms with Gasteiger partial charge in [0.05, 0.1) is 5.69 Å². The molecule has 0 fully saturated rings. The first kappa shape index (κ1) is 18.3. The number of benzene rings is 2. The van der Waals surface area contributed by atoms with Crippen LogP contribution in [0.15, 0.2) is 54.6 Å². The number of hydrogen-bond acceptors (Lipinski definition) is 5. The summed E-state index contributed by atoms with van der Waals surface area (Å²) in [5.41, 5.74) is 3.67. The molecule has 0 aromatic heterocycles. The monoisotopic (exact) mass is 355 g/mol. The number of ether oxygens (including phenoxy) is 4. The molecule has 1 aliphatic rings. The first-order chi connectivity index (χ1) is 12.8. The summed E-state index contributed by atoms with van der Waals surface area (Å²) in [5, 5.41) is 0. The van der Waals surface area contributed by atoms with Crippen molar-refractivity contribution in [1.82, 2.24) is 0 Å². The van der Waals surface area contributed by atoms with Crippen molar-refractivity contribution in [2.45, 2.75) is 6.42 Å². The van der Waals surface area contributed by atoms with E-state index in [9.17, 15) is 0 Å². The zero-order chi connectivity index (χ0) is 18.2. The van der Waals surface area contributed by atoms with E-state index >= 15 is 0 Å². The molecule has 0 N–H and O–H groups in total. The van der Waals surface area contributed by atoms with Gasteiger partial charge in [-0.1, -0.05) is 36.4 Å². The van der Waals surface area contributed by atoms with Gasteiger partial charge in [-0.05, 0) is 29.7 Å². The predicted octanol–water partition coefficient (Wildman–Crippen LogP) is 3.95. The molecular formula is C21H25NO4. The zero-order valence-electron chi connectivity index (χ0n) is 15.3. The number of rotatable bonds is 8. The summed E-state index contributed by atoms with van der Waals surface area (Å²) in [6.07, 6.45) is 3.26. The summed E-state index contributed by atoms with van der Waals surface area (Å²) >= 11 is 0. The number of hydrogen-bond donors (Lipinski definition) is 0. The molecule has 1 aliphatic heterocycles. The lowest BCUT2D eigenvalue weighted by Gasteiger charge is -2.30. The van der Waals surface area contributed by atoms with Gasteiger partial charge in [-0.25, -0.2) is 0 Å². The van der Waals surface area contributed by atoms with E-state index in [1.807, 2.05) is 24.3 Å². The Morgan fingerprint density at radius 3 is 2.38 bits per heavy atom. The van der Waals surface area contributed by atoms with Crippen molar-refractivity contribution < 1.29 is 18.9 Å². The van der Waals surface area contributed by atoms with E-state index in [4.69, 9.17) is 18.9 Å². The second-order valence-electron chi connectivity index (χ2n) is 6.02. The third kappa shape index (κ3) is 4.56. The maximum absolute atomic E-state index is 5.74. The van der Waals surface area contributed by atoms with Crippen molar-refractivity contribution in [3.63, 3.8) is 0 Å². The molecule has 1 heterocycles. The summed E-state index contributed by atoms with van der Waals surface area (Å²) in [5.74, 6) is 1.54. The second kappa shape index (κ2) is 9.27. The van der Waals surface area contributed by atoms with Crippen molar-refractivity contribution in [2.75, 3.05) is 45.8 Å². The van der Waals surface area contributed by atoms with Crippen LogP contribution >= 0.6 is 0 Å². The summed E-state index contributed by atoms with van der Waals surface area (Å²) in [6.45, 7) is 2.17. The average molecular weight is 355 g/mol. The van der Waals surface area contributed by atoms with Crippen LogP contribution in [0.4, 0.5) is 5.69 Å². The summed E-state index contributed by atoms with van der Waals surface area (Å²) in [7, 11) is 3.23. The third-order valence-electron chi connectivity index (χ3n) is 4.30. The maximum atomic E-state index is 5.74. The van der Waals surface area contributed by atoms with E-state index in [0.717, 1.165) is 36.7 Å². The fourth-order valence-electron chi connectivity index (χ4n) is 3.01. The minimum atomic E-state index is 0.213. The Morgan fingerprint density at radius 2 is 1.69 bits per heavy atom. The molecule has 0 aliphatic carbocycles. The summed E-state index contributed by atoms with van der Waals surface area (Å²) in [6, 6.07) is 16.3. The average Bonchev–Trinajstić information content (AvgIpc) is 2.72. The second-order valence-corrected chi connectivity index (χ2v) is 6.02. The standard InChI is InChI=1S/C21H25NO4/c1-23-15-25-19-8-9-21(26-16-24-2)20(14-19)22-12-10-18(11-13-22)17-6-4-3-5-7-17/h3-10,14H,11-13,15-16H2,1-2H3. The summed E-state index contributed by atoms with van der Waals surface area (Å²) < 4.78 is 21.4. The van der Waals surface area contributed by atoms with E-state index in [2.05, 4.69) is 35.2 Å². The highest BCUT2D eigenvalue weighted by molar-refractivity contribution is 5.70. The van der Waals surface area contributed by atoms with E-state index < -0.39 is 0 Å². The van der Waals surface area contributed by atoms with Gasteiger partial charge in [-0.3, -0.25) is 0 Å². The van der Waals surface area contributed by atoms with Gasteiger partial charge < -0.3 is 23.8 Å². The van der Waals surface area contributed by atoms with E-state index in [1.54, 1.807) is 14.2 Å². The van der Waals surface area contributed by atoms with Crippen LogP contribution in [0.1, 0.15) is 12.0 Å². The Kier molecular flexibility index (Phi) is 6.52. The smallest absolute Gasteiger partial charge is 0.188 e. The largest absolute Gasteiger partial charge is 0.467 e. The van der Waals surface area contributed by atoms with Crippen molar-refractivity contribution in [3.05, 3.63) is 60.2 Å². The Labute approximate surface area is 154 Å². The third-order valence-corrected chi connectivity index (χ3v) is 4.30. The molecule has 5 nitrogen and oxygen atoms in total. The van der Waals surface area contributed by atoms with Crippen LogP contribution in [0.25, 0.3) is 5.57 Å². The number of nitrogens with zero attached hydrogens (tertiary/aromatic N) is 1. The Morgan fingerprint density at radius 1 is 0.923 bits per heavy atom. The predicted molar refractivity (Wildman–Crippen MR) is 103 cm³/mol. The molecule has 0 spiro atoms. The number of anilines is 1. The van der Waals surface area contributed by atoms with Crippen LogP contribution in [0.5, 0.6) is 11.5 Å². The Balaban J connectivity index is 1.79. The molecule has 138 valence electrons. The maximum Gasteiger partial charge on any atom is 0.188 e. The van der Waals surface area contributed by atoms with E-state index in [1.165, 1.54) is 11.1 Å². The van der Waals surface area contributed by atoms with Gasteiger partial charge in [-0.15, -0.1) is 0 Å². The number of methoxy groups -OCH3 is 2.